The molecule has 0 spiro atoms. The number of ether oxygens (including phenoxy) is 1. The van der Waals surface area contributed by atoms with Crippen molar-refractivity contribution >= 4 is 11.0 Å². The molecule has 0 saturated carbocycles. The highest BCUT2D eigenvalue weighted by Gasteiger charge is 2.15. The maximum Gasteiger partial charge on any atom is 0.285 e. The predicted octanol–water partition coefficient (Wildman–Crippen LogP) is 0.647. The van der Waals surface area contributed by atoms with Gasteiger partial charge in [-0.25, -0.2) is 9.97 Å². The summed E-state index contributed by atoms with van der Waals surface area (Å²) in [5.41, 5.74) is 0.299. The predicted molar refractivity (Wildman–Crippen MR) is 68.8 cm³/mol. The van der Waals surface area contributed by atoms with Crippen LogP contribution >= 0.6 is 0 Å². The standard InChI is InChI=1S/C13H15N3O3/c17-12-2-1-11-7-14-9-15-13(11)16(12)19-8-10-3-5-18-6-4-10/h1-2,7,9-10H,3-6,8H2. The molecule has 3 rings (SSSR count). The number of fused-ring (bicyclic) bond motifs is 1. The first-order valence-corrected chi connectivity index (χ1v) is 6.37. The molecule has 3 heterocycles. The molecule has 0 N–H and O–H groups in total. The Hall–Kier alpha value is -1.95. The van der Waals surface area contributed by atoms with Gasteiger partial charge in [-0.15, -0.1) is 4.73 Å². The van der Waals surface area contributed by atoms with E-state index in [2.05, 4.69) is 9.97 Å². The van der Waals surface area contributed by atoms with Crippen molar-refractivity contribution in [3.8, 4) is 0 Å². The van der Waals surface area contributed by atoms with E-state index in [0.717, 1.165) is 31.4 Å². The molecule has 1 aliphatic rings. The number of rotatable bonds is 3. The van der Waals surface area contributed by atoms with E-state index in [1.807, 2.05) is 0 Å². The van der Waals surface area contributed by atoms with Crippen molar-refractivity contribution in [2.45, 2.75) is 12.8 Å². The van der Waals surface area contributed by atoms with Crippen molar-refractivity contribution < 1.29 is 9.57 Å². The molecule has 1 saturated heterocycles. The number of nitrogens with zero attached hydrogens (tertiary/aromatic N) is 3. The number of aromatic nitrogens is 3. The van der Waals surface area contributed by atoms with Crippen molar-refractivity contribution in [3.63, 3.8) is 0 Å². The number of hydrogen-bond acceptors (Lipinski definition) is 5. The summed E-state index contributed by atoms with van der Waals surface area (Å²) in [6, 6.07) is 3.17. The Labute approximate surface area is 110 Å². The highest BCUT2D eigenvalue weighted by atomic mass is 16.7. The van der Waals surface area contributed by atoms with Crippen LogP contribution in [0.15, 0.2) is 29.5 Å². The van der Waals surface area contributed by atoms with Crippen LogP contribution in [0.1, 0.15) is 12.8 Å². The zero-order valence-corrected chi connectivity index (χ0v) is 10.5. The second-order valence-electron chi connectivity index (χ2n) is 4.62. The monoisotopic (exact) mass is 261 g/mol. The van der Waals surface area contributed by atoms with Crippen LogP contribution < -0.4 is 10.4 Å². The Balaban J connectivity index is 1.83. The maximum atomic E-state index is 11.9. The average molecular weight is 261 g/mol. The Kier molecular flexibility index (Phi) is 3.41. The van der Waals surface area contributed by atoms with Gasteiger partial charge in [-0.2, -0.15) is 0 Å². The molecule has 0 aromatic carbocycles. The van der Waals surface area contributed by atoms with E-state index in [4.69, 9.17) is 9.57 Å². The highest BCUT2D eigenvalue weighted by molar-refractivity contribution is 5.72. The molecule has 0 atom stereocenters. The fourth-order valence-electron chi connectivity index (χ4n) is 2.17. The van der Waals surface area contributed by atoms with E-state index in [-0.39, 0.29) is 5.56 Å². The topological polar surface area (TPSA) is 66.2 Å². The molecular formula is C13H15N3O3. The smallest absolute Gasteiger partial charge is 0.285 e. The fraction of sp³-hybridized carbons (Fsp3) is 0.462. The van der Waals surface area contributed by atoms with Crippen molar-refractivity contribution in [2.75, 3.05) is 19.8 Å². The van der Waals surface area contributed by atoms with Gasteiger partial charge in [0.2, 0.25) is 0 Å². The summed E-state index contributed by atoms with van der Waals surface area (Å²) < 4.78 is 6.56. The van der Waals surface area contributed by atoms with E-state index in [0.29, 0.717) is 18.2 Å². The molecule has 0 unspecified atom stereocenters. The summed E-state index contributed by atoms with van der Waals surface area (Å²) in [5.74, 6) is 0.428. The third-order valence-electron chi connectivity index (χ3n) is 3.30. The lowest BCUT2D eigenvalue weighted by atomic mass is 10.0. The molecule has 0 radical (unpaired) electrons. The summed E-state index contributed by atoms with van der Waals surface area (Å²) in [7, 11) is 0. The van der Waals surface area contributed by atoms with Gasteiger partial charge in [0.05, 0.1) is 0 Å². The molecule has 6 heteroatoms. The normalized spacial score (nSPS) is 16.6. The SMILES string of the molecule is O=c1ccc2cncnc2n1OCC1CCOCC1. The van der Waals surface area contributed by atoms with Crippen LogP contribution in [-0.4, -0.2) is 34.5 Å². The zero-order valence-electron chi connectivity index (χ0n) is 10.5. The van der Waals surface area contributed by atoms with Gasteiger partial charge in [-0.3, -0.25) is 4.79 Å². The molecule has 1 aliphatic heterocycles. The second-order valence-corrected chi connectivity index (χ2v) is 4.62. The molecule has 0 bridgehead atoms. The lowest BCUT2D eigenvalue weighted by Gasteiger charge is -2.22. The fourth-order valence-corrected chi connectivity index (χ4v) is 2.17. The van der Waals surface area contributed by atoms with Crippen LogP contribution in [0.5, 0.6) is 0 Å². The number of hydrogen-bond donors (Lipinski definition) is 0. The summed E-state index contributed by atoms with van der Waals surface area (Å²) in [6.07, 6.45) is 5.01. The summed E-state index contributed by atoms with van der Waals surface area (Å²) in [6.45, 7) is 2.04. The molecule has 19 heavy (non-hydrogen) atoms. The van der Waals surface area contributed by atoms with Crippen molar-refractivity contribution in [3.05, 3.63) is 35.0 Å². The Morgan fingerprint density at radius 2 is 2.21 bits per heavy atom. The minimum atomic E-state index is -0.210. The van der Waals surface area contributed by atoms with Crippen LogP contribution in [0.25, 0.3) is 11.0 Å². The molecule has 6 nitrogen and oxygen atoms in total. The summed E-state index contributed by atoms with van der Waals surface area (Å²) in [4.78, 5) is 25.5. The van der Waals surface area contributed by atoms with E-state index < -0.39 is 0 Å². The van der Waals surface area contributed by atoms with Crippen LogP contribution in [-0.2, 0) is 4.74 Å². The first kappa shape index (κ1) is 12.1. The lowest BCUT2D eigenvalue weighted by molar-refractivity contribution is 0.0151. The van der Waals surface area contributed by atoms with Gasteiger partial charge in [-0.05, 0) is 24.8 Å². The quantitative estimate of drug-likeness (QED) is 0.811. The van der Waals surface area contributed by atoms with Gasteiger partial charge in [0.15, 0.2) is 5.65 Å². The third-order valence-corrected chi connectivity index (χ3v) is 3.30. The van der Waals surface area contributed by atoms with Crippen molar-refractivity contribution in [1.82, 2.24) is 14.7 Å². The molecule has 1 fully saturated rings. The van der Waals surface area contributed by atoms with Crippen LogP contribution in [0.4, 0.5) is 0 Å². The van der Waals surface area contributed by atoms with Gasteiger partial charge in [0.25, 0.3) is 5.56 Å². The Morgan fingerprint density at radius 3 is 3.05 bits per heavy atom. The van der Waals surface area contributed by atoms with Crippen LogP contribution in [0.2, 0.25) is 0 Å². The van der Waals surface area contributed by atoms with E-state index in [1.54, 1.807) is 12.3 Å². The molecule has 0 amide bonds. The van der Waals surface area contributed by atoms with Gasteiger partial charge >= 0.3 is 0 Å². The summed E-state index contributed by atoms with van der Waals surface area (Å²) >= 11 is 0. The highest BCUT2D eigenvalue weighted by Crippen LogP contribution is 2.14. The Morgan fingerprint density at radius 1 is 1.37 bits per heavy atom. The minimum absolute atomic E-state index is 0.210. The first-order chi connectivity index (χ1) is 9.34. The molecule has 2 aromatic rings. The van der Waals surface area contributed by atoms with Crippen LogP contribution in [0, 0.1) is 5.92 Å². The molecule has 100 valence electrons. The van der Waals surface area contributed by atoms with Gasteiger partial charge in [0.1, 0.15) is 12.9 Å². The first-order valence-electron chi connectivity index (χ1n) is 6.37. The van der Waals surface area contributed by atoms with Crippen molar-refractivity contribution in [2.24, 2.45) is 5.92 Å². The molecule has 0 aliphatic carbocycles. The zero-order chi connectivity index (χ0) is 13.1. The van der Waals surface area contributed by atoms with Gasteiger partial charge in [-0.1, -0.05) is 0 Å². The maximum absolute atomic E-state index is 11.9. The van der Waals surface area contributed by atoms with E-state index in [1.165, 1.54) is 17.1 Å². The largest absolute Gasteiger partial charge is 0.408 e. The van der Waals surface area contributed by atoms with Gasteiger partial charge < -0.3 is 9.57 Å². The minimum Gasteiger partial charge on any atom is -0.408 e. The van der Waals surface area contributed by atoms with E-state index >= 15 is 0 Å². The third kappa shape index (κ3) is 2.58. The second kappa shape index (κ2) is 5.36. The molecular weight excluding hydrogens is 246 g/mol. The average Bonchev–Trinajstić information content (AvgIpc) is 2.47. The number of pyridine rings is 1. The van der Waals surface area contributed by atoms with Crippen molar-refractivity contribution in [1.29, 1.82) is 0 Å². The Bertz CT molecular complexity index is 620. The van der Waals surface area contributed by atoms with Crippen LogP contribution in [0.3, 0.4) is 0 Å². The van der Waals surface area contributed by atoms with E-state index in [9.17, 15) is 4.79 Å². The lowest BCUT2D eigenvalue weighted by Crippen LogP contribution is -2.32. The summed E-state index contributed by atoms with van der Waals surface area (Å²) in [5, 5.41) is 0.786. The molecule has 2 aromatic heterocycles. The van der Waals surface area contributed by atoms with Gasteiger partial charge in [0, 0.05) is 30.9 Å².